The number of aromatic amines is 1. The number of imidazole rings is 1. The average Bonchev–Trinajstić information content (AvgIpc) is 3.66. The quantitative estimate of drug-likeness (QED) is 0.240. The van der Waals surface area contributed by atoms with E-state index >= 15 is 0 Å². The third kappa shape index (κ3) is 4.95. The van der Waals surface area contributed by atoms with Gasteiger partial charge in [-0.3, -0.25) is 23.9 Å². The van der Waals surface area contributed by atoms with Crippen molar-refractivity contribution in [1.29, 1.82) is 0 Å². The number of hydrogen-bond donors (Lipinski definition) is 7. The predicted octanol–water partition coefficient (Wildman–Crippen LogP) is 0.204. The Morgan fingerprint density at radius 3 is 2.58 bits per heavy atom. The molecule has 0 radical (unpaired) electrons. The van der Waals surface area contributed by atoms with Gasteiger partial charge in [-0.25, -0.2) is 4.98 Å². The minimum Gasteiger partial charge on any atom is -0.394 e. The highest BCUT2D eigenvalue weighted by Crippen LogP contribution is 2.67. The maximum absolute atomic E-state index is 13.4. The second-order valence-electron chi connectivity index (χ2n) is 14.4. The Hall–Kier alpha value is -2.75. The van der Waals surface area contributed by atoms with E-state index in [0.717, 1.165) is 38.5 Å². The Morgan fingerprint density at radius 1 is 1.13 bits per heavy atom. The van der Waals surface area contributed by atoms with Gasteiger partial charge in [-0.15, -0.1) is 0 Å². The number of rotatable bonds is 4. The van der Waals surface area contributed by atoms with Crippen LogP contribution in [0, 0.1) is 34.5 Å². The van der Waals surface area contributed by atoms with E-state index in [9.17, 15) is 34.8 Å². The zero-order chi connectivity index (χ0) is 32.5. The first kappa shape index (κ1) is 32.2. The fourth-order valence-corrected chi connectivity index (χ4v) is 9.85. The first-order valence-corrected chi connectivity index (χ1v) is 16.0. The molecule has 4 aliphatic carbocycles. The lowest BCUT2D eigenvalue weighted by Gasteiger charge is -2.60. The minimum absolute atomic E-state index is 0.0154. The molecule has 248 valence electrons. The van der Waals surface area contributed by atoms with Crippen molar-refractivity contribution in [2.24, 2.45) is 34.5 Å². The second-order valence-corrected chi connectivity index (χ2v) is 14.4. The largest absolute Gasteiger partial charge is 0.394 e. The van der Waals surface area contributed by atoms with Crippen molar-refractivity contribution in [1.82, 2.24) is 19.5 Å². The summed E-state index contributed by atoms with van der Waals surface area (Å²) >= 11 is 0. The number of hydrogen-bond acceptors (Lipinski definition) is 12. The number of carbonyl (C=O) groups is 2. The van der Waals surface area contributed by atoms with E-state index in [4.69, 9.17) is 15.6 Å². The molecule has 14 heteroatoms. The van der Waals surface area contributed by atoms with Gasteiger partial charge in [0.05, 0.1) is 25.1 Å². The Morgan fingerprint density at radius 2 is 1.89 bits per heavy atom. The van der Waals surface area contributed by atoms with Gasteiger partial charge >= 0.3 is 0 Å². The molecule has 5 fully saturated rings. The predicted molar refractivity (Wildman–Crippen MR) is 159 cm³/mol. The molecule has 1 unspecified atom stereocenters. The SMILES string of the molecule is C[C@]12CC[C@@H](O)C[C@H]1CC[C@@H]1[C@@H]2C(=O)C[C@@]2(C)[C@H]1CC[C@]2(O)C(=O)CO.Nc1nc2c(ncn2C2C[C@H](O)[C@@H](CO)O2)c(=O)[nH]1. The van der Waals surface area contributed by atoms with Crippen LogP contribution in [-0.4, -0.2) is 93.7 Å². The van der Waals surface area contributed by atoms with E-state index in [1.54, 1.807) is 0 Å². The van der Waals surface area contributed by atoms with Gasteiger partial charge in [0.25, 0.3) is 5.56 Å². The molecule has 1 saturated heterocycles. The smallest absolute Gasteiger partial charge is 0.280 e. The molecule has 2 aromatic heterocycles. The third-order valence-electron chi connectivity index (χ3n) is 12.2. The van der Waals surface area contributed by atoms with E-state index in [-0.39, 0.29) is 71.6 Å². The van der Waals surface area contributed by atoms with Crippen molar-refractivity contribution < 1.29 is 39.9 Å². The van der Waals surface area contributed by atoms with Crippen molar-refractivity contribution in [2.75, 3.05) is 18.9 Å². The third-order valence-corrected chi connectivity index (χ3v) is 12.2. The van der Waals surface area contributed by atoms with Crippen molar-refractivity contribution in [2.45, 2.75) is 102 Å². The van der Waals surface area contributed by atoms with Crippen LogP contribution in [0.4, 0.5) is 5.95 Å². The first-order chi connectivity index (χ1) is 21.3. The molecule has 0 spiro atoms. The van der Waals surface area contributed by atoms with Gasteiger partial charge in [0, 0.05) is 24.2 Å². The fraction of sp³-hybridized carbons (Fsp3) is 0.774. The number of ether oxygens (including phenoxy) is 1. The zero-order valence-corrected chi connectivity index (χ0v) is 25.8. The van der Waals surface area contributed by atoms with E-state index in [1.165, 1.54) is 10.9 Å². The number of aliphatic hydroxyl groups is 5. The summed E-state index contributed by atoms with van der Waals surface area (Å²) in [4.78, 5) is 47.7. The molecule has 8 N–H and O–H groups in total. The summed E-state index contributed by atoms with van der Waals surface area (Å²) in [6, 6.07) is 0. The topological polar surface area (TPSA) is 234 Å². The number of fused-ring (bicyclic) bond motifs is 6. The van der Waals surface area contributed by atoms with Crippen LogP contribution >= 0.6 is 0 Å². The highest BCUT2D eigenvalue weighted by Gasteiger charge is 2.68. The van der Waals surface area contributed by atoms with Crippen molar-refractivity contribution in [3.8, 4) is 0 Å². The molecule has 2 aromatic rings. The number of anilines is 1. The van der Waals surface area contributed by atoms with Crippen molar-refractivity contribution in [3.05, 3.63) is 16.7 Å². The molecule has 1 aliphatic heterocycles. The van der Waals surface area contributed by atoms with Crippen LogP contribution in [0.2, 0.25) is 0 Å². The van der Waals surface area contributed by atoms with Crippen LogP contribution in [0.3, 0.4) is 0 Å². The fourth-order valence-electron chi connectivity index (χ4n) is 9.85. The molecule has 0 amide bonds. The first-order valence-electron chi connectivity index (χ1n) is 16.0. The molecule has 14 nitrogen and oxygen atoms in total. The Kier molecular flexibility index (Phi) is 8.22. The molecule has 45 heavy (non-hydrogen) atoms. The van der Waals surface area contributed by atoms with E-state index in [2.05, 4.69) is 21.9 Å². The van der Waals surface area contributed by atoms with E-state index < -0.39 is 47.4 Å². The summed E-state index contributed by atoms with van der Waals surface area (Å²) in [5.74, 6) is 0.363. The van der Waals surface area contributed by atoms with Crippen LogP contribution in [0.5, 0.6) is 0 Å². The Balaban J connectivity index is 0.000000167. The molecule has 0 aromatic carbocycles. The summed E-state index contributed by atoms with van der Waals surface area (Å²) in [7, 11) is 0. The number of Topliss-reactive ketones (excluding diaryl/α,β-unsaturated/α-hetero) is 2. The number of ketones is 2. The second kappa shape index (κ2) is 11.5. The van der Waals surface area contributed by atoms with Crippen LogP contribution in [-0.2, 0) is 14.3 Å². The summed E-state index contributed by atoms with van der Waals surface area (Å²) in [6.07, 6.45) is 5.20. The molecular formula is C31H45N5O9. The van der Waals surface area contributed by atoms with Crippen LogP contribution in [0.25, 0.3) is 11.2 Å². The lowest BCUT2D eigenvalue weighted by Crippen LogP contribution is -2.62. The minimum atomic E-state index is -1.58. The lowest BCUT2D eigenvalue weighted by atomic mass is 9.44. The molecule has 3 heterocycles. The number of aliphatic hydroxyl groups excluding tert-OH is 4. The molecular weight excluding hydrogens is 586 g/mol. The molecule has 4 saturated carbocycles. The number of nitrogens with one attached hydrogen (secondary N) is 1. The van der Waals surface area contributed by atoms with Gasteiger partial charge in [0.1, 0.15) is 30.3 Å². The highest BCUT2D eigenvalue weighted by atomic mass is 16.5. The number of H-pyrrole nitrogens is 1. The number of nitrogens with two attached hydrogens (primary N) is 1. The molecule has 11 atom stereocenters. The van der Waals surface area contributed by atoms with Gasteiger partial charge < -0.3 is 36.0 Å². The number of aromatic nitrogens is 4. The summed E-state index contributed by atoms with van der Waals surface area (Å²) < 4.78 is 7.01. The summed E-state index contributed by atoms with van der Waals surface area (Å²) in [5, 5.41) is 49.4. The van der Waals surface area contributed by atoms with Crippen molar-refractivity contribution >= 4 is 28.7 Å². The number of carbonyl (C=O) groups excluding carboxylic acids is 2. The normalized spacial score (nSPS) is 42.4. The zero-order valence-electron chi connectivity index (χ0n) is 25.8. The van der Waals surface area contributed by atoms with E-state index in [1.807, 2.05) is 6.92 Å². The van der Waals surface area contributed by atoms with Gasteiger partial charge in [-0.05, 0) is 68.1 Å². The average molecular weight is 632 g/mol. The van der Waals surface area contributed by atoms with Crippen LogP contribution in [0.15, 0.2) is 11.1 Å². The standard InChI is InChI=1S/C21H32O5.C10H13N5O4/c1-19-7-5-13(23)9-12(19)3-4-14-15-6-8-21(26,17(25)11-22)20(15,2)10-16(24)18(14)19;11-10-13-8-7(9(18)14-10)12-3-15(8)6-1-4(17)5(2-16)19-6/h12-15,18,22-23,26H,3-11H2,1-2H3;3-6,16-17H,1-2H2,(H3,11,13,14,18)/t12-,13-,14+,15+,18-,19+,20+,21+;4-,5+,6?/m10/s1. The van der Waals surface area contributed by atoms with Gasteiger partial charge in [0.15, 0.2) is 16.9 Å². The Labute approximate surface area is 260 Å². The molecule has 7 rings (SSSR count). The van der Waals surface area contributed by atoms with E-state index in [0.29, 0.717) is 12.3 Å². The molecule has 0 bridgehead atoms. The van der Waals surface area contributed by atoms with Gasteiger partial charge in [-0.2, -0.15) is 4.98 Å². The van der Waals surface area contributed by atoms with Crippen LogP contribution < -0.4 is 11.3 Å². The number of nitrogens with zero attached hydrogens (tertiary/aromatic N) is 3. The van der Waals surface area contributed by atoms with Crippen LogP contribution in [0.1, 0.15) is 77.9 Å². The lowest BCUT2D eigenvalue weighted by molar-refractivity contribution is -0.180. The summed E-state index contributed by atoms with van der Waals surface area (Å²) in [6.45, 7) is 3.19. The maximum atomic E-state index is 13.4. The van der Waals surface area contributed by atoms with Crippen molar-refractivity contribution in [3.63, 3.8) is 0 Å². The summed E-state index contributed by atoms with van der Waals surface area (Å²) in [5.41, 5.74) is 3.10. The van der Waals surface area contributed by atoms with Gasteiger partial charge in [-0.1, -0.05) is 13.8 Å². The highest BCUT2D eigenvalue weighted by molar-refractivity contribution is 5.92. The van der Waals surface area contributed by atoms with Gasteiger partial charge in [0.2, 0.25) is 5.95 Å². The number of nitrogen functional groups attached to an aromatic ring is 1. The maximum Gasteiger partial charge on any atom is 0.280 e. The Bertz CT molecular complexity index is 1530. The molecule has 5 aliphatic rings. The monoisotopic (exact) mass is 631 g/mol.